The van der Waals surface area contributed by atoms with Gasteiger partial charge in [0.25, 0.3) is 0 Å². The Balaban J connectivity index is 2.01. The fraction of sp³-hybridized carbons (Fsp3) is 0.375. The summed E-state index contributed by atoms with van der Waals surface area (Å²) < 4.78 is 1.83. The van der Waals surface area contributed by atoms with E-state index >= 15 is 0 Å². The molecule has 0 bridgehead atoms. The van der Waals surface area contributed by atoms with Crippen molar-refractivity contribution in [2.45, 2.75) is 39.7 Å². The number of amides is 1. The summed E-state index contributed by atoms with van der Waals surface area (Å²) in [5.74, 6) is -0.0624. The highest BCUT2D eigenvalue weighted by atomic mass is 16.1. The summed E-state index contributed by atoms with van der Waals surface area (Å²) in [4.78, 5) is 12.1. The third-order valence-electron chi connectivity index (χ3n) is 3.25. The van der Waals surface area contributed by atoms with Gasteiger partial charge in [0.2, 0.25) is 5.91 Å². The van der Waals surface area contributed by atoms with Crippen LogP contribution in [0.2, 0.25) is 0 Å². The lowest BCUT2D eigenvalue weighted by Gasteiger charge is -2.18. The highest BCUT2D eigenvalue weighted by Crippen LogP contribution is 2.17. The van der Waals surface area contributed by atoms with Crippen LogP contribution in [0, 0.1) is 6.92 Å². The van der Waals surface area contributed by atoms with Crippen molar-refractivity contribution in [2.75, 3.05) is 11.1 Å². The zero-order valence-electron chi connectivity index (χ0n) is 13.0. The molecule has 0 saturated heterocycles. The molecular weight excluding hydrogens is 264 g/mol. The molecule has 1 amide bonds. The average molecular weight is 286 g/mol. The lowest BCUT2D eigenvalue weighted by Crippen LogP contribution is -2.22. The Morgan fingerprint density at radius 1 is 1.38 bits per heavy atom. The van der Waals surface area contributed by atoms with Crippen LogP contribution in [0.3, 0.4) is 0 Å². The number of nitrogens with two attached hydrogens (primary N) is 1. The normalized spacial score (nSPS) is 11.4. The molecule has 1 aromatic carbocycles. The van der Waals surface area contributed by atoms with Crippen molar-refractivity contribution in [1.82, 2.24) is 9.78 Å². The number of carbonyl (C=O) groups excluding carboxylic acids is 1. The number of anilines is 2. The molecule has 5 heteroatoms. The van der Waals surface area contributed by atoms with Crippen molar-refractivity contribution in [1.29, 1.82) is 0 Å². The highest BCUT2D eigenvalue weighted by molar-refractivity contribution is 5.92. The first-order valence-electron chi connectivity index (χ1n) is 6.96. The van der Waals surface area contributed by atoms with E-state index in [2.05, 4.69) is 31.2 Å². The zero-order valence-corrected chi connectivity index (χ0v) is 13.0. The Bertz CT molecular complexity index is 653. The highest BCUT2D eigenvalue weighted by Gasteiger charge is 2.14. The van der Waals surface area contributed by atoms with Gasteiger partial charge in [-0.2, -0.15) is 5.10 Å². The third kappa shape index (κ3) is 3.84. The van der Waals surface area contributed by atoms with Crippen molar-refractivity contribution in [2.24, 2.45) is 0 Å². The summed E-state index contributed by atoms with van der Waals surface area (Å²) in [5, 5.41) is 7.12. The maximum Gasteiger partial charge on any atom is 0.228 e. The standard InChI is InChI=1S/C16H22N4O/c1-11-7-12(5-6-14(11)17)8-15(21)19-13-9-18-20(10-13)16(2,3)4/h5-7,9-10H,8,17H2,1-4H3,(H,19,21). The zero-order chi connectivity index (χ0) is 15.6. The van der Waals surface area contributed by atoms with Crippen molar-refractivity contribution < 1.29 is 4.79 Å². The lowest BCUT2D eigenvalue weighted by atomic mass is 10.1. The second kappa shape index (κ2) is 5.60. The molecule has 0 aliphatic heterocycles. The molecule has 21 heavy (non-hydrogen) atoms. The van der Waals surface area contributed by atoms with E-state index in [1.807, 2.05) is 36.0 Å². The predicted molar refractivity (Wildman–Crippen MR) is 85.1 cm³/mol. The van der Waals surface area contributed by atoms with Crippen LogP contribution in [0.25, 0.3) is 0 Å². The number of nitrogen functional groups attached to an aromatic ring is 1. The van der Waals surface area contributed by atoms with E-state index in [0.29, 0.717) is 12.1 Å². The van der Waals surface area contributed by atoms with Gasteiger partial charge in [-0.15, -0.1) is 0 Å². The van der Waals surface area contributed by atoms with E-state index in [9.17, 15) is 4.79 Å². The molecule has 0 unspecified atom stereocenters. The molecule has 112 valence electrons. The first kappa shape index (κ1) is 15.1. The quantitative estimate of drug-likeness (QED) is 0.852. The van der Waals surface area contributed by atoms with Gasteiger partial charge >= 0.3 is 0 Å². The second-order valence-corrected chi connectivity index (χ2v) is 6.26. The number of nitrogens with one attached hydrogen (secondary N) is 1. The van der Waals surface area contributed by atoms with Gasteiger partial charge in [-0.25, -0.2) is 0 Å². The van der Waals surface area contributed by atoms with Gasteiger partial charge in [-0.3, -0.25) is 9.48 Å². The van der Waals surface area contributed by atoms with Crippen molar-refractivity contribution in [3.05, 3.63) is 41.7 Å². The van der Waals surface area contributed by atoms with Crippen LogP contribution in [0.5, 0.6) is 0 Å². The number of benzene rings is 1. The summed E-state index contributed by atoms with van der Waals surface area (Å²) >= 11 is 0. The van der Waals surface area contributed by atoms with Crippen LogP contribution in [0.4, 0.5) is 11.4 Å². The number of aryl methyl sites for hydroxylation is 1. The fourth-order valence-electron chi connectivity index (χ4n) is 1.99. The molecular formula is C16H22N4O. The van der Waals surface area contributed by atoms with Gasteiger partial charge in [0, 0.05) is 11.9 Å². The van der Waals surface area contributed by atoms with Gasteiger partial charge < -0.3 is 11.1 Å². The monoisotopic (exact) mass is 286 g/mol. The lowest BCUT2D eigenvalue weighted by molar-refractivity contribution is -0.115. The average Bonchev–Trinajstić information content (AvgIpc) is 2.82. The summed E-state index contributed by atoms with van der Waals surface area (Å²) in [6, 6.07) is 5.64. The van der Waals surface area contributed by atoms with Crippen LogP contribution in [-0.4, -0.2) is 15.7 Å². The minimum atomic E-state index is -0.100. The molecule has 1 heterocycles. The van der Waals surface area contributed by atoms with Crippen LogP contribution in [-0.2, 0) is 16.8 Å². The summed E-state index contributed by atoms with van der Waals surface area (Å²) in [7, 11) is 0. The molecule has 0 aliphatic rings. The smallest absolute Gasteiger partial charge is 0.228 e. The molecule has 0 aliphatic carbocycles. The van der Waals surface area contributed by atoms with Gasteiger partial charge in [0.05, 0.1) is 23.8 Å². The van der Waals surface area contributed by atoms with Gasteiger partial charge in [-0.05, 0) is 44.9 Å². The van der Waals surface area contributed by atoms with Gasteiger partial charge in [0.15, 0.2) is 0 Å². The van der Waals surface area contributed by atoms with Crippen LogP contribution in [0.15, 0.2) is 30.6 Å². The minimum Gasteiger partial charge on any atom is -0.399 e. The molecule has 0 radical (unpaired) electrons. The topological polar surface area (TPSA) is 72.9 Å². The summed E-state index contributed by atoms with van der Waals surface area (Å²) in [5.41, 5.74) is 9.06. The third-order valence-corrected chi connectivity index (χ3v) is 3.25. The Morgan fingerprint density at radius 3 is 2.67 bits per heavy atom. The van der Waals surface area contributed by atoms with Crippen molar-refractivity contribution in [3.8, 4) is 0 Å². The first-order chi connectivity index (χ1) is 9.75. The molecule has 0 spiro atoms. The Labute approximate surface area is 125 Å². The van der Waals surface area contributed by atoms with Crippen molar-refractivity contribution >= 4 is 17.3 Å². The summed E-state index contributed by atoms with van der Waals surface area (Å²) in [6.07, 6.45) is 3.82. The molecule has 2 aromatic rings. The maximum atomic E-state index is 12.1. The summed E-state index contributed by atoms with van der Waals surface area (Å²) in [6.45, 7) is 8.11. The van der Waals surface area contributed by atoms with Gasteiger partial charge in [-0.1, -0.05) is 12.1 Å². The molecule has 0 fully saturated rings. The largest absolute Gasteiger partial charge is 0.399 e. The molecule has 3 N–H and O–H groups in total. The molecule has 0 saturated carbocycles. The second-order valence-electron chi connectivity index (χ2n) is 6.26. The SMILES string of the molecule is Cc1cc(CC(=O)Nc2cnn(C(C)(C)C)c2)ccc1N. The van der Waals surface area contributed by atoms with Crippen LogP contribution in [0.1, 0.15) is 31.9 Å². The van der Waals surface area contributed by atoms with E-state index in [0.717, 1.165) is 16.8 Å². The first-order valence-corrected chi connectivity index (χ1v) is 6.96. The van der Waals surface area contributed by atoms with Crippen LogP contribution >= 0.6 is 0 Å². The number of rotatable bonds is 3. The van der Waals surface area contributed by atoms with E-state index in [-0.39, 0.29) is 11.4 Å². The van der Waals surface area contributed by atoms with E-state index in [1.165, 1.54) is 0 Å². The molecule has 1 aromatic heterocycles. The Hall–Kier alpha value is -2.30. The fourth-order valence-corrected chi connectivity index (χ4v) is 1.99. The molecule has 0 atom stereocenters. The Morgan fingerprint density at radius 2 is 2.10 bits per heavy atom. The molecule has 5 nitrogen and oxygen atoms in total. The predicted octanol–water partition coefficient (Wildman–Crippen LogP) is 2.71. The van der Waals surface area contributed by atoms with Crippen LogP contribution < -0.4 is 11.1 Å². The number of nitrogens with zero attached hydrogens (tertiary/aromatic N) is 2. The van der Waals surface area contributed by atoms with E-state index in [4.69, 9.17) is 5.73 Å². The number of carbonyl (C=O) groups is 1. The number of hydrogen-bond acceptors (Lipinski definition) is 3. The molecule has 2 rings (SSSR count). The van der Waals surface area contributed by atoms with E-state index in [1.54, 1.807) is 6.20 Å². The Kier molecular flexibility index (Phi) is 4.02. The number of aromatic nitrogens is 2. The maximum absolute atomic E-state index is 12.1. The minimum absolute atomic E-state index is 0.0624. The van der Waals surface area contributed by atoms with E-state index < -0.39 is 0 Å². The van der Waals surface area contributed by atoms with Gasteiger partial charge in [0.1, 0.15) is 0 Å². The van der Waals surface area contributed by atoms with Crippen molar-refractivity contribution in [3.63, 3.8) is 0 Å². The number of hydrogen-bond donors (Lipinski definition) is 2.